The quantitative estimate of drug-likeness (QED) is 0.768. The van der Waals surface area contributed by atoms with Gasteiger partial charge in [0.15, 0.2) is 0 Å². The molecule has 1 aromatic carbocycles. The number of rotatable bonds is 5. The number of amides is 1. The predicted octanol–water partition coefficient (Wildman–Crippen LogP) is 2.06. The molecule has 0 unspecified atom stereocenters. The molecule has 0 spiro atoms. The second-order valence-electron chi connectivity index (χ2n) is 5.40. The minimum Gasteiger partial charge on any atom is -0.396 e. The highest BCUT2D eigenvalue weighted by Crippen LogP contribution is 2.47. The lowest BCUT2D eigenvalue weighted by molar-refractivity contribution is 0.0942. The van der Waals surface area contributed by atoms with Gasteiger partial charge in [0.2, 0.25) is 0 Å². The first-order valence-corrected chi connectivity index (χ1v) is 6.69. The minimum absolute atomic E-state index is 0.0442. The maximum Gasteiger partial charge on any atom is 0.253 e. The zero-order chi connectivity index (χ0) is 13.3. The molecule has 0 bridgehead atoms. The number of fused-ring (bicyclic) bond motifs is 1. The first-order chi connectivity index (χ1) is 9.24. The van der Waals surface area contributed by atoms with Crippen LogP contribution >= 0.6 is 0 Å². The molecule has 1 heterocycles. The van der Waals surface area contributed by atoms with Crippen LogP contribution in [-0.2, 0) is 0 Å². The lowest BCUT2D eigenvalue weighted by Gasteiger charge is -2.14. The van der Waals surface area contributed by atoms with Crippen LogP contribution in [0.3, 0.4) is 0 Å². The van der Waals surface area contributed by atoms with Gasteiger partial charge in [0.05, 0.1) is 11.1 Å². The van der Waals surface area contributed by atoms with Crippen molar-refractivity contribution in [3.63, 3.8) is 0 Å². The van der Waals surface area contributed by atoms with Gasteiger partial charge in [0.25, 0.3) is 5.91 Å². The molecule has 4 nitrogen and oxygen atoms in total. The lowest BCUT2D eigenvalue weighted by Crippen LogP contribution is -2.30. The van der Waals surface area contributed by atoms with Crippen molar-refractivity contribution in [1.82, 2.24) is 10.3 Å². The zero-order valence-electron chi connectivity index (χ0n) is 10.8. The Bertz CT molecular complexity index is 599. The molecular weight excluding hydrogens is 240 g/mol. The normalized spacial score (nSPS) is 16.5. The molecule has 1 fully saturated rings. The number of hydrogen-bond acceptors (Lipinski definition) is 2. The van der Waals surface area contributed by atoms with Gasteiger partial charge >= 0.3 is 0 Å². The largest absolute Gasteiger partial charge is 0.396 e. The van der Waals surface area contributed by atoms with Crippen LogP contribution in [0.2, 0.25) is 0 Å². The van der Waals surface area contributed by atoms with Gasteiger partial charge in [-0.25, -0.2) is 0 Å². The van der Waals surface area contributed by atoms with E-state index in [1.165, 1.54) is 0 Å². The van der Waals surface area contributed by atoms with E-state index in [9.17, 15) is 4.79 Å². The van der Waals surface area contributed by atoms with Crippen molar-refractivity contribution < 1.29 is 9.90 Å². The number of carbonyl (C=O) groups is 1. The molecule has 2 aromatic rings. The van der Waals surface area contributed by atoms with E-state index >= 15 is 0 Å². The van der Waals surface area contributed by atoms with Crippen LogP contribution in [-0.4, -0.2) is 29.1 Å². The van der Waals surface area contributed by atoms with Gasteiger partial charge in [0, 0.05) is 24.7 Å². The highest BCUT2D eigenvalue weighted by Gasteiger charge is 2.41. The summed E-state index contributed by atoms with van der Waals surface area (Å²) in [5.74, 6) is -0.0442. The Kier molecular flexibility index (Phi) is 3.03. The van der Waals surface area contributed by atoms with Gasteiger partial charge in [-0.05, 0) is 36.8 Å². The molecule has 3 rings (SSSR count). The third kappa shape index (κ3) is 2.36. The summed E-state index contributed by atoms with van der Waals surface area (Å²) in [5.41, 5.74) is 1.71. The Morgan fingerprint density at radius 1 is 1.37 bits per heavy atom. The summed E-state index contributed by atoms with van der Waals surface area (Å²) in [6.45, 7) is 0.853. The van der Waals surface area contributed by atoms with Crippen molar-refractivity contribution in [3.8, 4) is 0 Å². The fourth-order valence-corrected chi connectivity index (χ4v) is 2.57. The highest BCUT2D eigenvalue weighted by molar-refractivity contribution is 6.05. The second kappa shape index (κ2) is 4.70. The number of aromatic amines is 1. The number of aliphatic hydroxyl groups excluding tert-OH is 1. The number of para-hydroxylation sites is 1. The third-order valence-corrected chi connectivity index (χ3v) is 4.06. The van der Waals surface area contributed by atoms with Crippen molar-refractivity contribution in [1.29, 1.82) is 0 Å². The van der Waals surface area contributed by atoms with Gasteiger partial charge < -0.3 is 15.4 Å². The number of aliphatic hydroxyl groups is 1. The molecule has 3 N–H and O–H groups in total. The molecule has 100 valence electrons. The third-order valence-electron chi connectivity index (χ3n) is 4.06. The standard InChI is InChI=1S/C15H18N2O2/c18-9-7-15(5-6-15)10-17-14(19)12-3-1-2-11-4-8-16-13(11)12/h1-4,8,16,18H,5-7,9-10H2,(H,17,19). The van der Waals surface area contributed by atoms with Gasteiger partial charge in [-0.3, -0.25) is 4.79 Å². The van der Waals surface area contributed by atoms with Crippen LogP contribution < -0.4 is 5.32 Å². The predicted molar refractivity (Wildman–Crippen MR) is 74.0 cm³/mol. The molecule has 1 aliphatic rings. The van der Waals surface area contributed by atoms with Crippen LogP contribution in [0.1, 0.15) is 29.6 Å². The summed E-state index contributed by atoms with van der Waals surface area (Å²) in [4.78, 5) is 15.3. The van der Waals surface area contributed by atoms with Gasteiger partial charge in [-0.1, -0.05) is 12.1 Å². The molecule has 1 aliphatic carbocycles. The monoisotopic (exact) mass is 258 g/mol. The summed E-state index contributed by atoms with van der Waals surface area (Å²) in [5, 5.41) is 13.1. The van der Waals surface area contributed by atoms with Crippen LogP contribution in [0.15, 0.2) is 30.5 Å². The SMILES string of the molecule is O=C(NCC1(CCO)CC1)c1cccc2cc[nH]c12. The zero-order valence-corrected chi connectivity index (χ0v) is 10.8. The molecule has 4 heteroatoms. The Morgan fingerprint density at radius 3 is 2.95 bits per heavy atom. The van der Waals surface area contributed by atoms with Gasteiger partial charge in [0.1, 0.15) is 0 Å². The Hall–Kier alpha value is -1.81. The molecule has 0 radical (unpaired) electrons. The van der Waals surface area contributed by atoms with E-state index in [-0.39, 0.29) is 17.9 Å². The fourth-order valence-electron chi connectivity index (χ4n) is 2.57. The fraction of sp³-hybridized carbons (Fsp3) is 0.400. The maximum absolute atomic E-state index is 12.2. The molecule has 1 saturated carbocycles. The molecule has 0 saturated heterocycles. The average molecular weight is 258 g/mol. The first kappa shape index (κ1) is 12.2. The number of H-pyrrole nitrogens is 1. The molecular formula is C15H18N2O2. The van der Waals surface area contributed by atoms with E-state index < -0.39 is 0 Å². The van der Waals surface area contributed by atoms with Crippen molar-refractivity contribution in [2.75, 3.05) is 13.2 Å². The number of nitrogens with one attached hydrogen (secondary N) is 2. The van der Waals surface area contributed by atoms with Gasteiger partial charge in [-0.2, -0.15) is 0 Å². The highest BCUT2D eigenvalue weighted by atomic mass is 16.3. The van der Waals surface area contributed by atoms with Crippen molar-refractivity contribution in [3.05, 3.63) is 36.0 Å². The molecule has 19 heavy (non-hydrogen) atoms. The van der Waals surface area contributed by atoms with Crippen LogP contribution in [0, 0.1) is 5.41 Å². The summed E-state index contributed by atoms with van der Waals surface area (Å²) in [6, 6.07) is 7.67. The van der Waals surface area contributed by atoms with Crippen LogP contribution in [0.5, 0.6) is 0 Å². The van der Waals surface area contributed by atoms with E-state index in [0.29, 0.717) is 12.1 Å². The van der Waals surface area contributed by atoms with Gasteiger partial charge in [-0.15, -0.1) is 0 Å². The van der Waals surface area contributed by atoms with E-state index in [0.717, 1.165) is 30.2 Å². The number of hydrogen-bond donors (Lipinski definition) is 3. The topological polar surface area (TPSA) is 65.1 Å². The first-order valence-electron chi connectivity index (χ1n) is 6.69. The van der Waals surface area contributed by atoms with Crippen LogP contribution in [0.4, 0.5) is 0 Å². The lowest BCUT2D eigenvalue weighted by atomic mass is 10.0. The second-order valence-corrected chi connectivity index (χ2v) is 5.40. The summed E-state index contributed by atoms with van der Waals surface area (Å²) in [7, 11) is 0. The summed E-state index contributed by atoms with van der Waals surface area (Å²) < 4.78 is 0. The smallest absolute Gasteiger partial charge is 0.253 e. The Morgan fingerprint density at radius 2 is 2.21 bits per heavy atom. The molecule has 0 aliphatic heterocycles. The molecule has 1 amide bonds. The van der Waals surface area contributed by atoms with Crippen LogP contribution in [0.25, 0.3) is 10.9 Å². The van der Waals surface area contributed by atoms with Crippen molar-refractivity contribution in [2.24, 2.45) is 5.41 Å². The number of aromatic nitrogens is 1. The maximum atomic E-state index is 12.2. The Balaban J connectivity index is 1.72. The average Bonchev–Trinajstić information content (AvgIpc) is 3.01. The van der Waals surface area contributed by atoms with Crippen molar-refractivity contribution >= 4 is 16.8 Å². The summed E-state index contributed by atoms with van der Waals surface area (Å²) >= 11 is 0. The Labute approximate surface area is 111 Å². The number of carbonyl (C=O) groups excluding carboxylic acids is 1. The summed E-state index contributed by atoms with van der Waals surface area (Å²) in [6.07, 6.45) is 4.82. The molecule has 1 aromatic heterocycles. The van der Waals surface area contributed by atoms with E-state index in [1.807, 2.05) is 30.5 Å². The minimum atomic E-state index is -0.0442. The van der Waals surface area contributed by atoms with E-state index in [1.54, 1.807) is 0 Å². The molecule has 0 atom stereocenters. The van der Waals surface area contributed by atoms with E-state index in [2.05, 4.69) is 10.3 Å². The number of benzene rings is 1. The van der Waals surface area contributed by atoms with E-state index in [4.69, 9.17) is 5.11 Å². The van der Waals surface area contributed by atoms with Crippen molar-refractivity contribution in [2.45, 2.75) is 19.3 Å².